The van der Waals surface area contributed by atoms with Gasteiger partial charge in [-0.05, 0) is 69.0 Å². The highest BCUT2D eigenvalue weighted by Crippen LogP contribution is 2.30. The van der Waals surface area contributed by atoms with Crippen molar-refractivity contribution in [3.8, 4) is 0 Å². The predicted octanol–water partition coefficient (Wildman–Crippen LogP) is -1.11. The van der Waals surface area contributed by atoms with E-state index in [1.165, 1.54) is 21.1 Å². The van der Waals surface area contributed by atoms with Crippen LogP contribution in [0.15, 0.2) is 30.3 Å². The lowest BCUT2D eigenvalue weighted by molar-refractivity contribution is -0.148. The molecule has 1 aliphatic rings. The van der Waals surface area contributed by atoms with E-state index in [4.69, 9.17) is 80.5 Å². The van der Waals surface area contributed by atoms with E-state index in [0.717, 1.165) is 5.56 Å². The number of carbonyl (C=O) groups excluding carboxylic acids is 15. The Morgan fingerprint density at radius 2 is 0.903 bits per heavy atom. The van der Waals surface area contributed by atoms with Crippen LogP contribution in [-0.4, -0.2) is 438 Å². The van der Waals surface area contributed by atoms with E-state index in [0.29, 0.717) is 151 Å². The van der Waals surface area contributed by atoms with Crippen LogP contribution in [0.3, 0.4) is 0 Å². The first-order chi connectivity index (χ1) is 68.9. The zero-order valence-corrected chi connectivity index (χ0v) is 88.1. The monoisotopic (exact) mass is 2060 g/mol. The number of benzene rings is 1. The Morgan fingerprint density at radius 3 is 1.38 bits per heavy atom. The maximum atomic E-state index is 14.7. The fourth-order valence-electron chi connectivity index (χ4n) is 14.5. The molecule has 2 unspecified atom stereocenters. The number of amides is 14. The van der Waals surface area contributed by atoms with Gasteiger partial charge in [-0.1, -0.05) is 106 Å². The van der Waals surface area contributed by atoms with Crippen molar-refractivity contribution >= 4 is 88.9 Å². The SMILES string of the molecule is CC[C@H](C)[C@@H]([C@@H](CC(=O)N1CCC[C@H]1[C@H](OC)[C@@H](C)C(=O)N[C@@H](Cc1ccccc1)C(=O)NCCCOC(=O)C(C)NC(=O)CCNC(=O)OCC(NC(=O)CNC(=O)CNC(=O)CNC(=O)CNC(=O)CCNC(=O)CCOCC(C)(C)C)C(=O)NCCOCCOCCOCCOCCOCCOCCOCCOCCOCCOCCOCCOC)OC)N(C)C(=O)[C@@H](NC(=O)[C@H](C(C)C)N(C)C)C(C)C. The van der Waals surface area contributed by atoms with E-state index < -0.39 is 158 Å². The minimum atomic E-state index is -1.56. The summed E-state index contributed by atoms with van der Waals surface area (Å²) in [5, 5.41) is 30.3. The first kappa shape index (κ1) is 130. The lowest BCUT2D eigenvalue weighted by Gasteiger charge is -2.41. The van der Waals surface area contributed by atoms with Crippen LogP contribution in [0.25, 0.3) is 0 Å². The fourth-order valence-corrected chi connectivity index (χ4v) is 14.5. The number of rotatable bonds is 85. The molecule has 0 aromatic heterocycles. The van der Waals surface area contributed by atoms with E-state index >= 15 is 0 Å². The number of likely N-dealkylation sites (tertiary alicyclic amines) is 1. The van der Waals surface area contributed by atoms with Crippen LogP contribution in [0.1, 0.15) is 133 Å². The van der Waals surface area contributed by atoms with Gasteiger partial charge in [0.25, 0.3) is 0 Å². The molecular formula is C97H171N15O32. The second-order valence-corrected chi connectivity index (χ2v) is 36.3. The average Bonchev–Trinajstić information content (AvgIpc) is 1.65. The zero-order valence-electron chi connectivity index (χ0n) is 88.1. The Hall–Kier alpha value is -9.57. The molecule has 1 aliphatic heterocycles. The maximum Gasteiger partial charge on any atom is 0.407 e. The van der Waals surface area contributed by atoms with Crippen LogP contribution in [-0.2, 0) is 154 Å². The molecule has 1 aromatic carbocycles. The van der Waals surface area contributed by atoms with Gasteiger partial charge in [0.05, 0.1) is 241 Å². The van der Waals surface area contributed by atoms with Crippen molar-refractivity contribution in [1.82, 2.24) is 78.5 Å². The number of hydrogen-bond acceptors (Lipinski definition) is 33. The quantitative estimate of drug-likeness (QED) is 0.0272. The highest BCUT2D eigenvalue weighted by Gasteiger charge is 2.44. The number of ether oxygens (including phenoxy) is 17. The molecule has 0 radical (unpaired) electrons. The van der Waals surface area contributed by atoms with Crippen molar-refractivity contribution in [1.29, 1.82) is 0 Å². The fraction of sp³-hybridized carbons (Fsp3) is 0.784. The molecule has 1 saturated heterocycles. The topological polar surface area (TPSA) is 567 Å². The van der Waals surface area contributed by atoms with Crippen molar-refractivity contribution in [2.75, 3.05) is 280 Å². The van der Waals surface area contributed by atoms with Crippen LogP contribution < -0.4 is 63.8 Å². The third-order valence-corrected chi connectivity index (χ3v) is 22.3. The zero-order chi connectivity index (χ0) is 107. The molecule has 0 aliphatic carbocycles. The van der Waals surface area contributed by atoms with Crippen LogP contribution >= 0.6 is 0 Å². The lowest BCUT2D eigenvalue weighted by atomic mass is 9.89. The molecule has 47 heteroatoms. The van der Waals surface area contributed by atoms with Crippen molar-refractivity contribution < 1.29 is 152 Å². The molecule has 12 N–H and O–H groups in total. The maximum absolute atomic E-state index is 14.7. The van der Waals surface area contributed by atoms with Crippen LogP contribution in [0.2, 0.25) is 0 Å². The number of nitrogens with one attached hydrogen (secondary N) is 12. The number of esters is 1. The Balaban J connectivity index is 1.91. The summed E-state index contributed by atoms with van der Waals surface area (Å²) in [5.41, 5.74) is 0.685. The smallest absolute Gasteiger partial charge is 0.407 e. The minimum Gasteiger partial charge on any atom is -0.464 e. The van der Waals surface area contributed by atoms with Gasteiger partial charge in [-0.3, -0.25) is 67.2 Å². The third kappa shape index (κ3) is 61.1. The molecule has 0 saturated carbocycles. The summed E-state index contributed by atoms with van der Waals surface area (Å²) >= 11 is 0. The highest BCUT2D eigenvalue weighted by atomic mass is 16.6. The summed E-state index contributed by atoms with van der Waals surface area (Å²) < 4.78 is 93.7. The Labute approximate surface area is 849 Å². The van der Waals surface area contributed by atoms with Crippen LogP contribution in [0.4, 0.5) is 4.79 Å². The average molecular weight is 2060 g/mol. The van der Waals surface area contributed by atoms with Crippen molar-refractivity contribution in [3.05, 3.63) is 35.9 Å². The van der Waals surface area contributed by atoms with E-state index in [2.05, 4.69) is 63.8 Å². The number of nitrogens with zero attached hydrogens (tertiary/aromatic N) is 3. The molecule has 14 amide bonds. The molecule has 0 spiro atoms. The number of likely N-dealkylation sites (N-methyl/N-ethyl adjacent to an activating group) is 2. The highest BCUT2D eigenvalue weighted by molar-refractivity contribution is 5.94. The Morgan fingerprint density at radius 1 is 0.438 bits per heavy atom. The molecule has 1 aromatic rings. The molecule has 47 nitrogen and oxygen atoms in total. The summed E-state index contributed by atoms with van der Waals surface area (Å²) in [4.78, 5) is 204. The van der Waals surface area contributed by atoms with Gasteiger partial charge < -0.3 is 154 Å². The predicted molar refractivity (Wildman–Crippen MR) is 528 cm³/mol. The summed E-state index contributed by atoms with van der Waals surface area (Å²) in [5.74, 6) is -9.70. The Bertz CT molecular complexity index is 3800. The van der Waals surface area contributed by atoms with Gasteiger partial charge in [0.2, 0.25) is 76.8 Å². The summed E-state index contributed by atoms with van der Waals surface area (Å²) in [7, 11) is 9.92. The van der Waals surface area contributed by atoms with E-state index in [9.17, 15) is 71.9 Å². The van der Waals surface area contributed by atoms with Gasteiger partial charge in [0, 0.05) is 86.8 Å². The van der Waals surface area contributed by atoms with E-state index in [-0.39, 0.29) is 158 Å². The first-order valence-electron chi connectivity index (χ1n) is 49.8. The van der Waals surface area contributed by atoms with Gasteiger partial charge in [-0.15, -0.1) is 0 Å². The first-order valence-corrected chi connectivity index (χ1v) is 49.8. The summed E-state index contributed by atoms with van der Waals surface area (Å²) in [6.45, 7) is 26.6. The molecule has 2 rings (SSSR count). The molecule has 11 atom stereocenters. The second kappa shape index (κ2) is 79.6. The largest absolute Gasteiger partial charge is 0.464 e. The van der Waals surface area contributed by atoms with Crippen molar-refractivity contribution in [2.24, 2.45) is 29.1 Å². The minimum absolute atomic E-state index is 0.00429. The van der Waals surface area contributed by atoms with Crippen LogP contribution in [0, 0.1) is 29.1 Å². The molecular weight excluding hydrogens is 1890 g/mol. The Kier molecular flexibility index (Phi) is 72.2. The molecule has 1 fully saturated rings. The van der Waals surface area contributed by atoms with E-state index in [1.807, 2.05) is 99.5 Å². The number of carbonyl (C=O) groups is 15. The third-order valence-electron chi connectivity index (χ3n) is 22.3. The standard InChI is InChI=1S/C97H171N15O32/c1-18-70(6)88(111(14)94(125)86(68(2)3)109-93(124)87(69(4)5)110(12)13)77(129-16)61-85(120)112-34-22-26-76(112)89(130-17)71(7)90(121)108-74(60-73-24-20-19-21-25-73)91(122)99-30-23-35-143-95(126)72(8)106-80(115)28-32-101-96(127)144-66-75(107-84(119)65-105-83(118)64-104-82(117)63-103-81(116)62-102-78(113)27-31-98-79(114)29-36-142-67-97(9,10)11)92(123)100-33-37-131-40-41-133-44-45-135-48-49-137-52-53-139-56-57-141-59-58-140-55-54-138-51-50-136-47-46-134-43-42-132-39-38-128-15/h19-21,24-25,68-72,74-77,86-89H,18,22-23,26-67H2,1-17H3,(H,98,114)(H,99,122)(H,100,123)(H,101,127)(H,102,113)(H,103,116)(H,104,117)(H,105,118)(H,106,115)(H,107,119)(H,108,121)(H,109,124)/t70-,71+,72?,74-,75?,76-,77+,86-,87-,88-,89+/m0/s1. The van der Waals surface area contributed by atoms with Gasteiger partial charge in [-0.2, -0.15) is 0 Å². The van der Waals surface area contributed by atoms with Crippen molar-refractivity contribution in [2.45, 2.75) is 188 Å². The van der Waals surface area contributed by atoms with Gasteiger partial charge in [0.1, 0.15) is 30.8 Å². The van der Waals surface area contributed by atoms with E-state index in [1.54, 1.807) is 43.0 Å². The number of methoxy groups -OCH3 is 3. The van der Waals surface area contributed by atoms with Crippen molar-refractivity contribution in [3.63, 3.8) is 0 Å². The van der Waals surface area contributed by atoms with Gasteiger partial charge in [-0.25, -0.2) is 9.59 Å². The number of hydrogen-bond donors (Lipinski definition) is 12. The lowest BCUT2D eigenvalue weighted by Crippen LogP contribution is -2.59. The van der Waals surface area contributed by atoms with Crippen LogP contribution in [0.5, 0.6) is 0 Å². The van der Waals surface area contributed by atoms with Gasteiger partial charge in [0.15, 0.2) is 0 Å². The normalized spacial score (nSPS) is 14.6. The van der Waals surface area contributed by atoms with Gasteiger partial charge >= 0.3 is 12.1 Å². The molecule has 826 valence electrons. The summed E-state index contributed by atoms with van der Waals surface area (Å²) in [6.07, 6.45) is -1.17. The molecule has 1 heterocycles. The second-order valence-electron chi connectivity index (χ2n) is 36.3. The molecule has 144 heavy (non-hydrogen) atoms. The number of alkyl carbamates (subject to hydrolysis) is 1. The summed E-state index contributed by atoms with van der Waals surface area (Å²) in [6, 6.07) is 2.77. The molecule has 0 bridgehead atoms.